The number of fused-ring (bicyclic) bond motifs is 1. The van der Waals surface area contributed by atoms with Crippen LogP contribution in [0.2, 0.25) is 0 Å². The fourth-order valence-corrected chi connectivity index (χ4v) is 3.15. The van der Waals surface area contributed by atoms with Crippen LogP contribution in [0.25, 0.3) is 5.52 Å². The van der Waals surface area contributed by atoms with Gasteiger partial charge in [-0.15, -0.1) is 4.91 Å². The molecule has 2 aromatic heterocycles. The molecule has 0 saturated heterocycles. The standard InChI is InChI=1S/C15H19N5O2/c1-9-4-2-3-5-12(9)18-14-11(15(16)21)7-17-20-8-10(19-22)6-13(14)20/h6-9,12,18H,2-5H2,1H3,(H2,16,21)/t9-,12+/m0/s1. The van der Waals surface area contributed by atoms with Gasteiger partial charge in [-0.2, -0.15) is 5.10 Å². The van der Waals surface area contributed by atoms with Crippen LogP contribution in [0.1, 0.15) is 43.0 Å². The van der Waals surface area contributed by atoms with Gasteiger partial charge in [-0.3, -0.25) is 4.79 Å². The molecule has 0 aromatic carbocycles. The lowest BCUT2D eigenvalue weighted by atomic mass is 9.85. The van der Waals surface area contributed by atoms with E-state index in [4.69, 9.17) is 5.73 Å². The minimum Gasteiger partial charge on any atom is -0.380 e. The van der Waals surface area contributed by atoms with Crippen molar-refractivity contribution in [2.45, 2.75) is 38.6 Å². The third-order valence-electron chi connectivity index (χ3n) is 4.43. The fourth-order valence-electron chi connectivity index (χ4n) is 3.15. The van der Waals surface area contributed by atoms with Crippen LogP contribution in [0.5, 0.6) is 0 Å². The van der Waals surface area contributed by atoms with E-state index in [1.807, 2.05) is 0 Å². The number of amides is 1. The van der Waals surface area contributed by atoms with Crippen LogP contribution in [0.4, 0.5) is 11.4 Å². The zero-order chi connectivity index (χ0) is 15.7. The summed E-state index contributed by atoms with van der Waals surface area (Å²) in [6.45, 7) is 2.20. The average molecular weight is 301 g/mol. The molecule has 0 radical (unpaired) electrons. The largest absolute Gasteiger partial charge is 0.380 e. The number of rotatable bonds is 4. The number of nitrogens with zero attached hydrogens (tertiary/aromatic N) is 3. The summed E-state index contributed by atoms with van der Waals surface area (Å²) in [5, 5.41) is 10.5. The first-order valence-electron chi connectivity index (χ1n) is 7.51. The molecule has 1 saturated carbocycles. The molecule has 7 nitrogen and oxygen atoms in total. The number of hydrogen-bond donors (Lipinski definition) is 2. The molecule has 7 heteroatoms. The molecular formula is C15H19N5O2. The highest BCUT2D eigenvalue weighted by Crippen LogP contribution is 2.31. The Balaban J connectivity index is 2.07. The lowest BCUT2D eigenvalue weighted by Gasteiger charge is -2.31. The maximum atomic E-state index is 11.7. The van der Waals surface area contributed by atoms with Crippen LogP contribution in [-0.4, -0.2) is 21.6 Å². The van der Waals surface area contributed by atoms with Gasteiger partial charge in [-0.1, -0.05) is 19.8 Å². The molecule has 1 amide bonds. The van der Waals surface area contributed by atoms with E-state index in [-0.39, 0.29) is 11.7 Å². The Labute approximate surface area is 127 Å². The average Bonchev–Trinajstić information content (AvgIpc) is 2.93. The van der Waals surface area contributed by atoms with E-state index in [2.05, 4.69) is 22.5 Å². The van der Waals surface area contributed by atoms with Crippen molar-refractivity contribution in [3.05, 3.63) is 28.9 Å². The van der Waals surface area contributed by atoms with Gasteiger partial charge in [0, 0.05) is 6.04 Å². The highest BCUT2D eigenvalue weighted by atomic mass is 16.3. The summed E-state index contributed by atoms with van der Waals surface area (Å²) in [6, 6.07) is 1.89. The minimum atomic E-state index is -0.539. The number of primary amides is 1. The lowest BCUT2D eigenvalue weighted by Crippen LogP contribution is -2.31. The number of nitrogens with one attached hydrogen (secondary N) is 1. The van der Waals surface area contributed by atoms with Crippen LogP contribution in [-0.2, 0) is 0 Å². The summed E-state index contributed by atoms with van der Waals surface area (Å²) in [7, 11) is 0. The van der Waals surface area contributed by atoms with E-state index in [1.165, 1.54) is 18.8 Å². The molecule has 1 aliphatic rings. The zero-order valence-corrected chi connectivity index (χ0v) is 12.5. The van der Waals surface area contributed by atoms with Gasteiger partial charge in [0.2, 0.25) is 0 Å². The Hall–Kier alpha value is -2.44. The Morgan fingerprint density at radius 2 is 2.23 bits per heavy atom. The SMILES string of the molecule is C[C@H]1CCCC[C@H]1Nc1c(C(N)=O)cnn2cc(N=O)cc12. The number of hydrogen-bond acceptors (Lipinski definition) is 5. The monoisotopic (exact) mass is 301 g/mol. The predicted molar refractivity (Wildman–Crippen MR) is 84.2 cm³/mol. The number of carbonyl (C=O) groups excluding carboxylic acids is 1. The van der Waals surface area contributed by atoms with Crippen molar-refractivity contribution in [2.24, 2.45) is 16.8 Å². The molecule has 1 aliphatic carbocycles. The predicted octanol–water partition coefficient (Wildman–Crippen LogP) is 2.82. The van der Waals surface area contributed by atoms with Gasteiger partial charge in [0.25, 0.3) is 5.91 Å². The van der Waals surface area contributed by atoms with Gasteiger partial charge >= 0.3 is 0 Å². The maximum Gasteiger partial charge on any atom is 0.252 e. The highest BCUT2D eigenvalue weighted by molar-refractivity contribution is 6.02. The van der Waals surface area contributed by atoms with Crippen molar-refractivity contribution in [2.75, 3.05) is 5.32 Å². The van der Waals surface area contributed by atoms with Crippen LogP contribution >= 0.6 is 0 Å². The summed E-state index contributed by atoms with van der Waals surface area (Å²) in [6.07, 6.45) is 7.57. The molecule has 22 heavy (non-hydrogen) atoms. The first-order valence-corrected chi connectivity index (χ1v) is 7.51. The van der Waals surface area contributed by atoms with E-state index in [0.29, 0.717) is 22.7 Å². The van der Waals surface area contributed by atoms with Crippen molar-refractivity contribution in [1.82, 2.24) is 9.61 Å². The summed E-state index contributed by atoms with van der Waals surface area (Å²) in [5.74, 6) is -0.0240. The van der Waals surface area contributed by atoms with Crippen LogP contribution in [0.15, 0.2) is 23.6 Å². The normalized spacial score (nSPS) is 21.7. The number of carbonyl (C=O) groups is 1. The molecule has 2 heterocycles. The minimum absolute atomic E-state index is 0.272. The third-order valence-corrected chi connectivity index (χ3v) is 4.43. The lowest BCUT2D eigenvalue weighted by molar-refractivity contribution is 0.100. The summed E-state index contributed by atoms with van der Waals surface area (Å²) >= 11 is 0. The topological polar surface area (TPSA) is 102 Å². The van der Waals surface area contributed by atoms with Crippen molar-refractivity contribution in [1.29, 1.82) is 0 Å². The molecule has 3 rings (SSSR count). The number of anilines is 1. The van der Waals surface area contributed by atoms with Crippen molar-refractivity contribution >= 4 is 22.8 Å². The molecular weight excluding hydrogens is 282 g/mol. The van der Waals surface area contributed by atoms with Crippen LogP contribution in [0, 0.1) is 10.8 Å². The molecule has 0 unspecified atom stereocenters. The van der Waals surface area contributed by atoms with Gasteiger partial charge in [-0.05, 0) is 30.0 Å². The molecule has 3 N–H and O–H groups in total. The number of nitrogens with two attached hydrogens (primary N) is 1. The summed E-state index contributed by atoms with van der Waals surface area (Å²) in [4.78, 5) is 22.5. The molecule has 1 fully saturated rings. The second-order valence-electron chi connectivity index (χ2n) is 5.93. The van der Waals surface area contributed by atoms with Crippen molar-refractivity contribution in [3.8, 4) is 0 Å². The van der Waals surface area contributed by atoms with Gasteiger partial charge in [-0.25, -0.2) is 4.52 Å². The number of nitroso groups, excluding NO2 is 1. The Bertz CT molecular complexity index is 724. The molecule has 116 valence electrons. The third kappa shape index (κ3) is 2.54. The quantitative estimate of drug-likeness (QED) is 0.847. The smallest absolute Gasteiger partial charge is 0.252 e. The van der Waals surface area contributed by atoms with E-state index in [1.54, 1.807) is 10.6 Å². The first-order chi connectivity index (χ1) is 10.6. The first kappa shape index (κ1) is 14.5. The van der Waals surface area contributed by atoms with E-state index < -0.39 is 5.91 Å². The molecule has 0 spiro atoms. The van der Waals surface area contributed by atoms with E-state index in [0.717, 1.165) is 19.3 Å². The summed E-state index contributed by atoms with van der Waals surface area (Å²) < 4.78 is 1.54. The van der Waals surface area contributed by atoms with Gasteiger partial charge in [0.15, 0.2) is 0 Å². The van der Waals surface area contributed by atoms with Crippen molar-refractivity contribution in [3.63, 3.8) is 0 Å². The van der Waals surface area contributed by atoms with Gasteiger partial charge in [0.1, 0.15) is 5.69 Å². The van der Waals surface area contributed by atoms with Crippen molar-refractivity contribution < 1.29 is 4.79 Å². The molecule has 2 aromatic rings. The van der Waals surface area contributed by atoms with Gasteiger partial charge in [0.05, 0.1) is 29.2 Å². The summed E-state index contributed by atoms with van der Waals surface area (Å²) in [5.41, 5.74) is 7.36. The zero-order valence-electron chi connectivity index (χ0n) is 12.5. The Morgan fingerprint density at radius 3 is 2.91 bits per heavy atom. The highest BCUT2D eigenvalue weighted by Gasteiger charge is 2.24. The Kier molecular flexibility index (Phi) is 3.79. The van der Waals surface area contributed by atoms with Gasteiger partial charge < -0.3 is 11.1 Å². The molecule has 0 bridgehead atoms. The second kappa shape index (κ2) is 5.75. The molecule has 0 aliphatic heterocycles. The van der Waals surface area contributed by atoms with Crippen LogP contribution < -0.4 is 11.1 Å². The second-order valence-corrected chi connectivity index (χ2v) is 5.93. The number of aromatic nitrogens is 2. The van der Waals surface area contributed by atoms with Crippen LogP contribution in [0.3, 0.4) is 0 Å². The molecule has 2 atom stereocenters. The maximum absolute atomic E-state index is 11.7. The van der Waals surface area contributed by atoms with E-state index >= 15 is 0 Å². The van der Waals surface area contributed by atoms with E-state index in [9.17, 15) is 9.70 Å². The Morgan fingerprint density at radius 1 is 1.45 bits per heavy atom. The fraction of sp³-hybridized carbons (Fsp3) is 0.467.